The van der Waals surface area contributed by atoms with Crippen LogP contribution in [0.15, 0.2) is 78.9 Å². The number of hydrogen-bond donors (Lipinski definition) is 1. The van der Waals surface area contributed by atoms with E-state index in [1.807, 2.05) is 90.6 Å². The van der Waals surface area contributed by atoms with Gasteiger partial charge in [-0.25, -0.2) is 0 Å². The Bertz CT molecular complexity index is 878. The van der Waals surface area contributed by atoms with Gasteiger partial charge in [0.2, 0.25) is 5.91 Å². The molecule has 24 heavy (non-hydrogen) atoms. The summed E-state index contributed by atoms with van der Waals surface area (Å²) < 4.78 is 0. The molecule has 1 N–H and O–H groups in total. The number of carbonyl (C=O) groups excluding carboxylic acids is 1. The maximum absolute atomic E-state index is 13.2. The van der Waals surface area contributed by atoms with Gasteiger partial charge in [-0.1, -0.05) is 60.2 Å². The van der Waals surface area contributed by atoms with Crippen molar-refractivity contribution in [3.63, 3.8) is 0 Å². The van der Waals surface area contributed by atoms with E-state index in [2.05, 4.69) is 5.23 Å². The van der Waals surface area contributed by atoms with Gasteiger partial charge in [-0.05, 0) is 36.7 Å². The maximum Gasteiger partial charge on any atom is 0.415 e. The molecular weight excluding hydrogens is 295 g/mol. The topological polar surface area (TPSA) is 32.3 Å². The van der Waals surface area contributed by atoms with E-state index >= 15 is 0 Å². The summed E-state index contributed by atoms with van der Waals surface area (Å²) in [6, 6.07) is 25.8. The minimum Gasteiger partial charge on any atom is -0.404 e. The molecule has 0 unspecified atom stereocenters. The van der Waals surface area contributed by atoms with Gasteiger partial charge in [0.15, 0.2) is 0 Å². The van der Waals surface area contributed by atoms with Crippen LogP contribution in [-0.4, -0.2) is 12.9 Å². The molecule has 1 heterocycles. The number of benzene rings is 3. The second-order valence-corrected chi connectivity index (χ2v) is 6.01. The monoisotopic (exact) mass is 312 g/mol. The van der Waals surface area contributed by atoms with E-state index in [1.54, 1.807) is 0 Å². The first-order valence-corrected chi connectivity index (χ1v) is 8.05. The molecule has 1 aliphatic heterocycles. The van der Waals surface area contributed by atoms with Gasteiger partial charge < -0.3 is 10.0 Å². The highest BCUT2D eigenvalue weighted by Crippen LogP contribution is 2.28. The first-order valence-electron chi connectivity index (χ1n) is 8.05. The fourth-order valence-electron chi connectivity index (χ4n) is 3.09. The Morgan fingerprint density at radius 2 is 1.50 bits per heavy atom. The molecule has 0 fully saturated rings. The Kier molecular flexibility index (Phi) is 3.58. The standard InChI is InChI=1S/C20H17BN2O/c1-15-11-13-17(14-12-15)23-20(24)18-9-5-6-10-19(18)22-21(23)16-7-3-2-4-8-16/h2-14,22H,1H3. The molecule has 1 amide bonds. The fraction of sp³-hybridized carbons (Fsp3) is 0.0500. The number of anilines is 2. The molecule has 0 bridgehead atoms. The number of para-hydroxylation sites is 1. The average Bonchev–Trinajstić information content (AvgIpc) is 2.63. The summed E-state index contributed by atoms with van der Waals surface area (Å²) in [5, 5.41) is 3.51. The smallest absolute Gasteiger partial charge is 0.404 e. The summed E-state index contributed by atoms with van der Waals surface area (Å²) in [7, 11) is 0. The number of carbonyl (C=O) groups is 1. The number of nitrogens with one attached hydrogen (secondary N) is 1. The fourth-order valence-corrected chi connectivity index (χ4v) is 3.09. The van der Waals surface area contributed by atoms with E-state index in [4.69, 9.17) is 0 Å². The van der Waals surface area contributed by atoms with Crippen LogP contribution in [0.2, 0.25) is 0 Å². The summed E-state index contributed by atoms with van der Waals surface area (Å²) >= 11 is 0. The molecule has 3 aromatic carbocycles. The molecule has 0 spiro atoms. The van der Waals surface area contributed by atoms with Gasteiger partial charge in [0.05, 0.1) is 5.56 Å². The van der Waals surface area contributed by atoms with Crippen LogP contribution in [0, 0.1) is 6.92 Å². The summed E-state index contributed by atoms with van der Waals surface area (Å²) in [6.45, 7) is 1.82. The highest BCUT2D eigenvalue weighted by atomic mass is 16.2. The summed E-state index contributed by atoms with van der Waals surface area (Å²) in [5.74, 6) is 0.0158. The van der Waals surface area contributed by atoms with Crippen LogP contribution in [0.5, 0.6) is 0 Å². The van der Waals surface area contributed by atoms with Gasteiger partial charge in [0, 0.05) is 11.4 Å². The molecule has 0 aromatic heterocycles. The lowest BCUT2D eigenvalue weighted by Gasteiger charge is -2.35. The molecular formula is C20H17BN2O. The first-order chi connectivity index (χ1) is 11.7. The Morgan fingerprint density at radius 1 is 0.833 bits per heavy atom. The van der Waals surface area contributed by atoms with Crippen LogP contribution in [0.3, 0.4) is 0 Å². The van der Waals surface area contributed by atoms with Crippen LogP contribution >= 0.6 is 0 Å². The molecule has 0 radical (unpaired) electrons. The molecule has 4 rings (SSSR count). The molecule has 0 saturated carbocycles. The molecule has 0 aliphatic carbocycles. The molecule has 0 atom stereocenters. The third kappa shape index (κ3) is 2.46. The van der Waals surface area contributed by atoms with Crippen molar-refractivity contribution in [3.8, 4) is 0 Å². The third-order valence-electron chi connectivity index (χ3n) is 4.35. The lowest BCUT2D eigenvalue weighted by molar-refractivity contribution is 0.100. The van der Waals surface area contributed by atoms with E-state index in [-0.39, 0.29) is 12.9 Å². The van der Waals surface area contributed by atoms with Crippen molar-refractivity contribution >= 4 is 29.7 Å². The lowest BCUT2D eigenvalue weighted by Crippen LogP contribution is -2.59. The van der Waals surface area contributed by atoms with E-state index in [0.717, 1.165) is 16.8 Å². The van der Waals surface area contributed by atoms with Crippen molar-refractivity contribution in [1.82, 2.24) is 0 Å². The van der Waals surface area contributed by atoms with Gasteiger partial charge in [-0.15, -0.1) is 0 Å². The largest absolute Gasteiger partial charge is 0.415 e. The van der Waals surface area contributed by atoms with Crippen LogP contribution in [0.4, 0.5) is 11.4 Å². The number of rotatable bonds is 2. The molecule has 4 heteroatoms. The number of fused-ring (bicyclic) bond motifs is 1. The average molecular weight is 312 g/mol. The minimum atomic E-state index is -0.226. The number of nitrogens with zero attached hydrogens (tertiary/aromatic N) is 1. The molecule has 3 nitrogen and oxygen atoms in total. The van der Waals surface area contributed by atoms with Crippen LogP contribution in [0.25, 0.3) is 0 Å². The summed E-state index contributed by atoms with van der Waals surface area (Å²) in [6.07, 6.45) is 0. The van der Waals surface area contributed by atoms with E-state index in [1.165, 1.54) is 5.56 Å². The molecule has 1 aliphatic rings. The van der Waals surface area contributed by atoms with Crippen molar-refractivity contribution in [2.24, 2.45) is 0 Å². The second kappa shape index (κ2) is 5.89. The van der Waals surface area contributed by atoms with Gasteiger partial charge in [-0.2, -0.15) is 0 Å². The SMILES string of the molecule is Cc1ccc(N2B(c3ccccc3)Nc3ccccc3C2=O)cc1. The third-order valence-corrected chi connectivity index (χ3v) is 4.35. The predicted molar refractivity (Wildman–Crippen MR) is 99.9 cm³/mol. The Balaban J connectivity index is 1.86. The number of hydrogen-bond acceptors (Lipinski definition) is 2. The highest BCUT2D eigenvalue weighted by Gasteiger charge is 2.37. The number of aryl methyl sites for hydroxylation is 1. The second-order valence-electron chi connectivity index (χ2n) is 6.01. The summed E-state index contributed by atoms with van der Waals surface area (Å²) in [5.41, 5.74) is 4.69. The first kappa shape index (κ1) is 14.6. The van der Waals surface area contributed by atoms with E-state index in [0.29, 0.717) is 5.56 Å². The summed E-state index contributed by atoms with van der Waals surface area (Å²) in [4.78, 5) is 15.0. The van der Waals surface area contributed by atoms with Gasteiger partial charge >= 0.3 is 6.98 Å². The van der Waals surface area contributed by atoms with E-state index < -0.39 is 0 Å². The van der Waals surface area contributed by atoms with Crippen molar-refractivity contribution in [2.45, 2.75) is 6.92 Å². The quantitative estimate of drug-likeness (QED) is 0.735. The highest BCUT2D eigenvalue weighted by molar-refractivity contribution is 6.84. The molecule has 0 saturated heterocycles. The van der Waals surface area contributed by atoms with Crippen molar-refractivity contribution in [2.75, 3.05) is 10.0 Å². The van der Waals surface area contributed by atoms with Gasteiger partial charge in [-0.3, -0.25) is 4.79 Å². The van der Waals surface area contributed by atoms with Gasteiger partial charge in [0.25, 0.3) is 0 Å². The molecule has 3 aromatic rings. The van der Waals surface area contributed by atoms with E-state index in [9.17, 15) is 4.79 Å². The van der Waals surface area contributed by atoms with Gasteiger partial charge in [0.1, 0.15) is 0 Å². The Hall–Kier alpha value is -3.01. The number of amides is 1. The maximum atomic E-state index is 13.2. The van der Waals surface area contributed by atoms with Crippen LogP contribution < -0.4 is 15.5 Å². The zero-order valence-electron chi connectivity index (χ0n) is 13.4. The normalized spacial score (nSPS) is 13.5. The Morgan fingerprint density at radius 3 is 2.25 bits per heavy atom. The Labute approximate surface area is 142 Å². The lowest BCUT2D eigenvalue weighted by atomic mass is 9.63. The zero-order chi connectivity index (χ0) is 16.5. The van der Waals surface area contributed by atoms with Crippen LogP contribution in [0.1, 0.15) is 15.9 Å². The van der Waals surface area contributed by atoms with Crippen molar-refractivity contribution < 1.29 is 4.79 Å². The minimum absolute atomic E-state index is 0.0158. The van der Waals surface area contributed by atoms with Crippen molar-refractivity contribution in [1.29, 1.82) is 0 Å². The predicted octanol–water partition coefficient (Wildman–Crippen LogP) is 3.46. The molecule has 116 valence electrons. The van der Waals surface area contributed by atoms with Crippen LogP contribution in [-0.2, 0) is 0 Å². The zero-order valence-corrected chi connectivity index (χ0v) is 13.4. The van der Waals surface area contributed by atoms with Crippen molar-refractivity contribution in [3.05, 3.63) is 90.0 Å².